The minimum absolute atomic E-state index is 0.293. The highest BCUT2D eigenvalue weighted by Crippen LogP contribution is 2.44. The molecule has 0 radical (unpaired) electrons. The number of benzene rings is 1. The van der Waals surface area contributed by atoms with Gasteiger partial charge in [0.2, 0.25) is 0 Å². The predicted octanol–water partition coefficient (Wildman–Crippen LogP) is 3.76. The predicted molar refractivity (Wildman–Crippen MR) is 66.1 cm³/mol. The number of rotatable bonds is 1. The second-order valence-electron chi connectivity index (χ2n) is 4.22. The van der Waals surface area contributed by atoms with Gasteiger partial charge in [-0.25, -0.2) is 8.78 Å². The maximum absolute atomic E-state index is 13.8. The Bertz CT molecular complexity index is 589. The van der Waals surface area contributed by atoms with Crippen molar-refractivity contribution in [1.29, 1.82) is 0 Å². The van der Waals surface area contributed by atoms with E-state index >= 15 is 0 Å². The largest absolute Gasteiger partial charge is 0.390 e. The summed E-state index contributed by atoms with van der Waals surface area (Å²) in [6.45, 7) is 0. The molecule has 17 heavy (non-hydrogen) atoms. The molecule has 2 N–H and O–H groups in total. The van der Waals surface area contributed by atoms with Gasteiger partial charge in [0.1, 0.15) is 11.6 Å². The van der Waals surface area contributed by atoms with E-state index in [1.807, 2.05) is 0 Å². The van der Waals surface area contributed by atoms with Crippen molar-refractivity contribution in [1.82, 2.24) is 0 Å². The second kappa shape index (κ2) is 3.81. The summed E-state index contributed by atoms with van der Waals surface area (Å²) < 4.78 is 27.0. The van der Waals surface area contributed by atoms with Crippen LogP contribution in [0.2, 0.25) is 0 Å². The molecule has 1 aromatic heterocycles. The lowest BCUT2D eigenvalue weighted by atomic mass is 10.0. The Morgan fingerprint density at radius 3 is 2.82 bits per heavy atom. The number of nitrogens with two attached hydrogens (primary N) is 1. The zero-order valence-electron chi connectivity index (χ0n) is 9.09. The fourth-order valence-electron chi connectivity index (χ4n) is 2.41. The van der Waals surface area contributed by atoms with Gasteiger partial charge >= 0.3 is 0 Å². The van der Waals surface area contributed by atoms with Crippen LogP contribution in [0.4, 0.5) is 13.8 Å². The molecular formula is C13H11F2NS. The van der Waals surface area contributed by atoms with Crippen molar-refractivity contribution in [3.63, 3.8) is 0 Å². The molecule has 1 aliphatic carbocycles. The molecule has 0 atom stereocenters. The van der Waals surface area contributed by atoms with Gasteiger partial charge < -0.3 is 5.73 Å². The minimum Gasteiger partial charge on any atom is -0.390 e. The van der Waals surface area contributed by atoms with Crippen molar-refractivity contribution in [2.24, 2.45) is 0 Å². The third-order valence-corrected chi connectivity index (χ3v) is 4.27. The first kappa shape index (κ1) is 10.7. The van der Waals surface area contributed by atoms with Crippen molar-refractivity contribution in [3.8, 4) is 11.1 Å². The molecule has 0 aliphatic heterocycles. The molecule has 1 nitrogen and oxygen atoms in total. The van der Waals surface area contributed by atoms with Gasteiger partial charge in [-0.05, 0) is 43.0 Å². The SMILES string of the molecule is Nc1sc2c(c1-c1cc(F)ccc1F)CCC2. The maximum Gasteiger partial charge on any atom is 0.131 e. The Balaban J connectivity index is 2.25. The molecule has 3 rings (SSSR count). The van der Waals surface area contributed by atoms with Gasteiger partial charge in [0, 0.05) is 16.0 Å². The van der Waals surface area contributed by atoms with Crippen LogP contribution in [0.3, 0.4) is 0 Å². The Morgan fingerprint density at radius 2 is 2.00 bits per heavy atom. The Morgan fingerprint density at radius 1 is 1.18 bits per heavy atom. The number of halogens is 2. The smallest absolute Gasteiger partial charge is 0.131 e. The van der Waals surface area contributed by atoms with Crippen LogP contribution in [-0.4, -0.2) is 0 Å². The van der Waals surface area contributed by atoms with E-state index < -0.39 is 11.6 Å². The first-order valence-corrected chi connectivity index (χ1v) is 6.34. The highest BCUT2D eigenvalue weighted by atomic mass is 32.1. The number of fused-ring (bicyclic) bond motifs is 1. The van der Waals surface area contributed by atoms with Crippen molar-refractivity contribution in [2.45, 2.75) is 19.3 Å². The van der Waals surface area contributed by atoms with Gasteiger partial charge in [-0.2, -0.15) is 0 Å². The van der Waals surface area contributed by atoms with E-state index in [0.717, 1.165) is 37.0 Å². The van der Waals surface area contributed by atoms with E-state index in [1.54, 1.807) is 0 Å². The van der Waals surface area contributed by atoms with E-state index in [-0.39, 0.29) is 0 Å². The highest BCUT2D eigenvalue weighted by molar-refractivity contribution is 7.16. The first-order chi connectivity index (χ1) is 8.16. The van der Waals surface area contributed by atoms with Crippen LogP contribution in [0.1, 0.15) is 16.9 Å². The van der Waals surface area contributed by atoms with E-state index in [2.05, 4.69) is 0 Å². The fraction of sp³-hybridized carbons (Fsp3) is 0.231. The Labute approximate surface area is 102 Å². The molecule has 0 saturated carbocycles. The third kappa shape index (κ3) is 1.63. The standard InChI is InChI=1S/C13H11F2NS/c14-7-4-5-10(15)9(6-7)12-8-2-1-3-11(8)17-13(12)16/h4-6H,1-3,16H2. The lowest BCUT2D eigenvalue weighted by Gasteiger charge is -2.05. The topological polar surface area (TPSA) is 26.0 Å². The first-order valence-electron chi connectivity index (χ1n) is 5.52. The minimum atomic E-state index is -0.432. The lowest BCUT2D eigenvalue weighted by molar-refractivity contribution is 0.603. The van der Waals surface area contributed by atoms with Crippen LogP contribution in [0, 0.1) is 11.6 Å². The molecule has 0 amide bonds. The zero-order valence-corrected chi connectivity index (χ0v) is 9.91. The van der Waals surface area contributed by atoms with Gasteiger partial charge in [-0.3, -0.25) is 0 Å². The van der Waals surface area contributed by atoms with Crippen LogP contribution in [0.15, 0.2) is 18.2 Å². The van der Waals surface area contributed by atoms with Crippen molar-refractivity contribution >= 4 is 16.3 Å². The monoisotopic (exact) mass is 251 g/mol. The number of thiophene rings is 1. The molecular weight excluding hydrogens is 240 g/mol. The molecule has 1 heterocycles. The number of hydrogen-bond acceptors (Lipinski definition) is 2. The number of nitrogen functional groups attached to an aromatic ring is 1. The summed E-state index contributed by atoms with van der Waals surface area (Å²) in [4.78, 5) is 1.22. The fourth-order valence-corrected chi connectivity index (χ4v) is 3.58. The highest BCUT2D eigenvalue weighted by Gasteiger charge is 2.23. The van der Waals surface area contributed by atoms with Gasteiger partial charge in [0.25, 0.3) is 0 Å². The van der Waals surface area contributed by atoms with Crippen LogP contribution in [0.5, 0.6) is 0 Å². The molecule has 0 bridgehead atoms. The lowest BCUT2D eigenvalue weighted by Crippen LogP contribution is -1.92. The summed E-state index contributed by atoms with van der Waals surface area (Å²) >= 11 is 1.50. The maximum atomic E-state index is 13.8. The summed E-state index contributed by atoms with van der Waals surface area (Å²) in [5.41, 5.74) is 8.04. The van der Waals surface area contributed by atoms with E-state index in [4.69, 9.17) is 5.73 Å². The summed E-state index contributed by atoms with van der Waals surface area (Å²) in [5, 5.41) is 0.596. The van der Waals surface area contributed by atoms with Crippen LogP contribution in [-0.2, 0) is 12.8 Å². The number of anilines is 1. The van der Waals surface area contributed by atoms with Crippen LogP contribution >= 0.6 is 11.3 Å². The molecule has 1 aromatic carbocycles. The van der Waals surface area contributed by atoms with E-state index in [0.29, 0.717) is 16.1 Å². The van der Waals surface area contributed by atoms with Crippen LogP contribution < -0.4 is 5.73 Å². The average molecular weight is 251 g/mol. The third-order valence-electron chi connectivity index (χ3n) is 3.15. The Kier molecular flexibility index (Phi) is 2.40. The average Bonchev–Trinajstić information content (AvgIpc) is 2.82. The van der Waals surface area contributed by atoms with Gasteiger partial charge in [0.15, 0.2) is 0 Å². The van der Waals surface area contributed by atoms with Crippen molar-refractivity contribution in [3.05, 3.63) is 40.3 Å². The summed E-state index contributed by atoms with van der Waals surface area (Å²) in [7, 11) is 0. The zero-order chi connectivity index (χ0) is 12.0. The van der Waals surface area contributed by atoms with Gasteiger partial charge in [0.05, 0.1) is 5.00 Å². The second-order valence-corrected chi connectivity index (χ2v) is 5.36. The molecule has 0 saturated heterocycles. The molecule has 1 aliphatic rings. The van der Waals surface area contributed by atoms with Gasteiger partial charge in [-0.15, -0.1) is 11.3 Å². The van der Waals surface area contributed by atoms with E-state index in [9.17, 15) is 8.78 Å². The van der Waals surface area contributed by atoms with Crippen LogP contribution in [0.25, 0.3) is 11.1 Å². The quantitative estimate of drug-likeness (QED) is 0.820. The van der Waals surface area contributed by atoms with E-state index in [1.165, 1.54) is 22.3 Å². The molecule has 0 spiro atoms. The van der Waals surface area contributed by atoms with Crippen molar-refractivity contribution < 1.29 is 8.78 Å². The number of aryl methyl sites for hydroxylation is 1. The number of hydrogen-bond donors (Lipinski definition) is 1. The molecule has 4 heteroatoms. The summed E-state index contributed by atoms with van der Waals surface area (Å²) in [6, 6.07) is 3.51. The van der Waals surface area contributed by atoms with Gasteiger partial charge in [-0.1, -0.05) is 0 Å². The molecule has 88 valence electrons. The normalized spacial score (nSPS) is 14.0. The Hall–Kier alpha value is -1.42. The molecule has 0 fully saturated rings. The summed E-state index contributed by atoms with van der Waals surface area (Å²) in [5.74, 6) is -0.843. The van der Waals surface area contributed by atoms with Crippen molar-refractivity contribution in [2.75, 3.05) is 5.73 Å². The summed E-state index contributed by atoms with van der Waals surface area (Å²) in [6.07, 6.45) is 2.99. The molecule has 2 aromatic rings. The molecule has 0 unspecified atom stereocenters.